The molecule has 0 bridgehead atoms. The Balaban J connectivity index is 2.56. The molecule has 1 aliphatic rings. The zero-order valence-electron chi connectivity index (χ0n) is 8.45. The second-order valence-corrected chi connectivity index (χ2v) is 5.11. The van der Waals surface area contributed by atoms with Crippen LogP contribution < -0.4 is 4.72 Å². The van der Waals surface area contributed by atoms with Crippen molar-refractivity contribution < 1.29 is 8.76 Å². The van der Waals surface area contributed by atoms with Gasteiger partial charge in [-0.2, -0.15) is 0 Å². The van der Waals surface area contributed by atoms with Crippen LogP contribution in [0.15, 0.2) is 0 Å². The smallest absolute Gasteiger partial charge is 0.0235 e. The molecule has 0 aromatic carbocycles. The van der Waals surface area contributed by atoms with Crippen molar-refractivity contribution in [2.75, 3.05) is 0 Å². The van der Waals surface area contributed by atoms with E-state index in [0.29, 0.717) is 11.8 Å². The first-order valence-electron chi connectivity index (χ1n) is 4.86. The second-order valence-electron chi connectivity index (χ2n) is 4.41. The van der Waals surface area contributed by atoms with Crippen LogP contribution in [0.4, 0.5) is 0 Å². The lowest BCUT2D eigenvalue weighted by Gasteiger charge is -2.38. The predicted molar refractivity (Wildman–Crippen MR) is 52.6 cm³/mol. The van der Waals surface area contributed by atoms with Gasteiger partial charge in [-0.3, -0.25) is 4.21 Å². The van der Waals surface area contributed by atoms with Crippen molar-refractivity contribution in [2.45, 2.75) is 39.7 Å². The van der Waals surface area contributed by atoms with Crippen molar-refractivity contribution in [1.29, 1.82) is 0 Å². The van der Waals surface area contributed by atoms with Gasteiger partial charge < -0.3 is 4.55 Å². The van der Waals surface area contributed by atoms with E-state index in [9.17, 15) is 8.76 Å². The number of nitrogens with one attached hydrogen (secondary N) is 1. The SMILES string of the molecule is CC1CC(C)C(NS(=O)[O-])C(C)C1. The van der Waals surface area contributed by atoms with E-state index in [1.807, 2.05) is 0 Å². The fraction of sp³-hybridized carbons (Fsp3) is 1.00. The third-order valence-electron chi connectivity index (χ3n) is 3.01. The van der Waals surface area contributed by atoms with Gasteiger partial charge >= 0.3 is 0 Å². The lowest BCUT2D eigenvalue weighted by molar-refractivity contribution is 0.182. The minimum Gasteiger partial charge on any atom is -0.760 e. The molecule has 0 saturated heterocycles. The molecule has 1 aliphatic carbocycles. The average molecular weight is 204 g/mol. The van der Waals surface area contributed by atoms with E-state index >= 15 is 0 Å². The Hall–Kier alpha value is 0.0700. The Bertz CT molecular complexity index is 186. The molecule has 13 heavy (non-hydrogen) atoms. The molecule has 0 aromatic rings. The molecule has 3 atom stereocenters. The van der Waals surface area contributed by atoms with E-state index in [0.717, 1.165) is 18.8 Å². The predicted octanol–water partition coefficient (Wildman–Crippen LogP) is 1.44. The maximum Gasteiger partial charge on any atom is 0.0235 e. The number of hydrogen-bond donors (Lipinski definition) is 1. The summed E-state index contributed by atoms with van der Waals surface area (Å²) in [5.41, 5.74) is 0. The van der Waals surface area contributed by atoms with Gasteiger partial charge in [0, 0.05) is 17.3 Å². The highest BCUT2D eigenvalue weighted by molar-refractivity contribution is 7.77. The average Bonchev–Trinajstić information content (AvgIpc) is 1.96. The van der Waals surface area contributed by atoms with Crippen LogP contribution in [0.2, 0.25) is 0 Å². The summed E-state index contributed by atoms with van der Waals surface area (Å²) in [6.07, 6.45) is 2.25. The van der Waals surface area contributed by atoms with E-state index in [-0.39, 0.29) is 6.04 Å². The van der Waals surface area contributed by atoms with Crippen molar-refractivity contribution in [3.8, 4) is 0 Å². The van der Waals surface area contributed by atoms with Gasteiger partial charge in [0.1, 0.15) is 0 Å². The fourth-order valence-electron chi connectivity index (χ4n) is 2.56. The molecule has 3 unspecified atom stereocenters. The van der Waals surface area contributed by atoms with Crippen LogP contribution in [-0.2, 0) is 11.3 Å². The summed E-state index contributed by atoms with van der Waals surface area (Å²) in [5, 5.41) is 0. The van der Waals surface area contributed by atoms with Crippen molar-refractivity contribution in [2.24, 2.45) is 17.8 Å². The normalized spacial score (nSPS) is 43.1. The lowest BCUT2D eigenvalue weighted by Crippen LogP contribution is -2.45. The minimum absolute atomic E-state index is 0.134. The van der Waals surface area contributed by atoms with Gasteiger partial charge in [0.15, 0.2) is 0 Å². The molecule has 0 aliphatic heterocycles. The molecule has 0 amide bonds. The Morgan fingerprint density at radius 2 is 1.69 bits per heavy atom. The van der Waals surface area contributed by atoms with Crippen molar-refractivity contribution in [1.82, 2.24) is 4.72 Å². The van der Waals surface area contributed by atoms with Crippen LogP contribution in [0.1, 0.15) is 33.6 Å². The van der Waals surface area contributed by atoms with E-state index < -0.39 is 11.3 Å². The van der Waals surface area contributed by atoms with Crippen molar-refractivity contribution in [3.05, 3.63) is 0 Å². The van der Waals surface area contributed by atoms with Gasteiger partial charge in [-0.1, -0.05) is 20.8 Å². The molecule has 3 nitrogen and oxygen atoms in total. The zero-order chi connectivity index (χ0) is 10.0. The molecular formula is C9H18NO2S-. The standard InChI is InChI=1S/C9H19NO2S/c1-6-4-7(2)9(8(3)5-6)10-13(11)12/h6-10H,4-5H2,1-3H3,(H,11,12)/p-1. The highest BCUT2D eigenvalue weighted by Crippen LogP contribution is 2.32. The van der Waals surface area contributed by atoms with E-state index in [2.05, 4.69) is 25.5 Å². The van der Waals surface area contributed by atoms with Crippen LogP contribution in [0.3, 0.4) is 0 Å². The molecule has 1 N–H and O–H groups in total. The summed E-state index contributed by atoms with van der Waals surface area (Å²) >= 11 is -2.12. The van der Waals surface area contributed by atoms with Gasteiger partial charge in [0.05, 0.1) is 0 Å². The zero-order valence-corrected chi connectivity index (χ0v) is 9.26. The molecule has 1 saturated carbocycles. The van der Waals surface area contributed by atoms with Gasteiger partial charge in [0.2, 0.25) is 0 Å². The van der Waals surface area contributed by atoms with Crippen molar-refractivity contribution >= 4 is 11.3 Å². The Kier molecular flexibility index (Phi) is 3.88. The Morgan fingerprint density at radius 1 is 1.23 bits per heavy atom. The first-order chi connectivity index (χ1) is 6.00. The number of hydrogen-bond acceptors (Lipinski definition) is 2. The van der Waals surface area contributed by atoms with Crippen molar-refractivity contribution in [3.63, 3.8) is 0 Å². The fourth-order valence-corrected chi connectivity index (χ4v) is 3.25. The molecule has 1 rings (SSSR count). The van der Waals surface area contributed by atoms with Gasteiger partial charge in [-0.15, -0.1) is 0 Å². The maximum absolute atomic E-state index is 10.5. The summed E-state index contributed by atoms with van der Waals surface area (Å²) in [5.74, 6) is 1.64. The summed E-state index contributed by atoms with van der Waals surface area (Å²) in [6.45, 7) is 6.48. The molecule has 0 spiro atoms. The molecule has 0 radical (unpaired) electrons. The van der Waals surface area contributed by atoms with Crippen LogP contribution in [-0.4, -0.2) is 14.8 Å². The molecule has 1 fully saturated rings. The Labute approximate surface area is 82.7 Å². The highest BCUT2D eigenvalue weighted by Gasteiger charge is 2.30. The van der Waals surface area contributed by atoms with Crippen LogP contribution in [0, 0.1) is 17.8 Å². The molecule has 0 aromatic heterocycles. The second kappa shape index (κ2) is 4.53. The molecule has 4 heteroatoms. The third kappa shape index (κ3) is 3.04. The van der Waals surface area contributed by atoms with E-state index in [1.54, 1.807) is 0 Å². The van der Waals surface area contributed by atoms with Crippen LogP contribution >= 0.6 is 0 Å². The third-order valence-corrected chi connectivity index (χ3v) is 3.47. The first-order valence-corrected chi connectivity index (χ1v) is 5.93. The largest absolute Gasteiger partial charge is 0.760 e. The quantitative estimate of drug-likeness (QED) is 0.692. The Morgan fingerprint density at radius 3 is 2.08 bits per heavy atom. The maximum atomic E-state index is 10.5. The summed E-state index contributed by atoms with van der Waals surface area (Å²) in [6, 6.07) is 0.134. The molecule has 78 valence electrons. The monoisotopic (exact) mass is 204 g/mol. The summed E-state index contributed by atoms with van der Waals surface area (Å²) < 4.78 is 23.7. The van der Waals surface area contributed by atoms with E-state index in [1.165, 1.54) is 0 Å². The number of rotatable bonds is 2. The van der Waals surface area contributed by atoms with Crippen LogP contribution in [0.5, 0.6) is 0 Å². The van der Waals surface area contributed by atoms with Gasteiger partial charge in [-0.05, 0) is 30.6 Å². The van der Waals surface area contributed by atoms with Gasteiger partial charge in [-0.25, -0.2) is 4.72 Å². The van der Waals surface area contributed by atoms with Gasteiger partial charge in [0.25, 0.3) is 0 Å². The summed E-state index contributed by atoms with van der Waals surface area (Å²) in [4.78, 5) is 0. The minimum atomic E-state index is -2.12. The highest BCUT2D eigenvalue weighted by atomic mass is 32.2. The molecule has 0 heterocycles. The topological polar surface area (TPSA) is 52.2 Å². The lowest BCUT2D eigenvalue weighted by atomic mass is 9.74. The molecular weight excluding hydrogens is 186 g/mol. The first kappa shape index (κ1) is 11.1. The van der Waals surface area contributed by atoms with E-state index in [4.69, 9.17) is 0 Å². The summed E-state index contributed by atoms with van der Waals surface area (Å²) in [7, 11) is 0. The van der Waals surface area contributed by atoms with Crippen LogP contribution in [0.25, 0.3) is 0 Å².